The number of hydrogen-bond acceptors (Lipinski definition) is 8. The number of non-ortho nitro benzene ring substituents is 1. The van der Waals surface area contributed by atoms with Gasteiger partial charge in [0, 0.05) is 23.7 Å². The maximum absolute atomic E-state index is 11.5. The Morgan fingerprint density at radius 3 is 2.62 bits per heavy atom. The average molecular weight is 352 g/mol. The van der Waals surface area contributed by atoms with Gasteiger partial charge >= 0.3 is 0 Å². The molecule has 1 aliphatic heterocycles. The molecular weight excluding hydrogens is 336 g/mol. The Bertz CT molecular complexity index is 846. The fourth-order valence-electron chi connectivity index (χ4n) is 2.63. The Morgan fingerprint density at radius 1 is 1.33 bits per heavy atom. The second-order valence-electron chi connectivity index (χ2n) is 5.78. The maximum Gasteiger partial charge on any atom is 0.269 e. The Kier molecular flexibility index (Phi) is 4.33. The van der Waals surface area contributed by atoms with Crippen LogP contribution in [0.3, 0.4) is 0 Å². The van der Waals surface area contributed by atoms with Crippen LogP contribution in [0.1, 0.15) is 12.3 Å². The zero-order valence-corrected chi connectivity index (χ0v) is 13.8. The van der Waals surface area contributed by atoms with Gasteiger partial charge in [0.25, 0.3) is 5.69 Å². The van der Waals surface area contributed by atoms with Gasteiger partial charge in [-0.25, -0.2) is 8.42 Å². The number of nitro groups is 1. The Labute approximate surface area is 138 Å². The van der Waals surface area contributed by atoms with E-state index in [0.717, 1.165) is 0 Å². The Morgan fingerprint density at radius 2 is 2.04 bits per heavy atom. The standard InChI is InChI=1S/C14H16N4O5S/c1-17(12-6-7-24(21,22)9-12)8-13-15-16-14(23-13)10-2-4-11(5-3-10)18(19)20/h2-5,12H,6-9H2,1H3. The topological polar surface area (TPSA) is 119 Å². The summed E-state index contributed by atoms with van der Waals surface area (Å²) >= 11 is 0. The van der Waals surface area contributed by atoms with Gasteiger partial charge in [0.15, 0.2) is 9.84 Å². The summed E-state index contributed by atoms with van der Waals surface area (Å²) in [4.78, 5) is 12.1. The maximum atomic E-state index is 11.5. The fraction of sp³-hybridized carbons (Fsp3) is 0.429. The zero-order valence-electron chi connectivity index (χ0n) is 13.0. The highest BCUT2D eigenvalue weighted by Gasteiger charge is 2.31. The zero-order chi connectivity index (χ0) is 17.3. The molecule has 0 spiro atoms. The molecular formula is C14H16N4O5S. The van der Waals surface area contributed by atoms with Crippen molar-refractivity contribution in [1.82, 2.24) is 15.1 Å². The van der Waals surface area contributed by atoms with E-state index < -0.39 is 14.8 Å². The SMILES string of the molecule is CN(Cc1nnc(-c2ccc([N+](=O)[O-])cc2)o1)C1CCS(=O)(=O)C1. The van der Waals surface area contributed by atoms with Crippen LogP contribution in [0.15, 0.2) is 28.7 Å². The van der Waals surface area contributed by atoms with E-state index in [-0.39, 0.29) is 29.1 Å². The first-order valence-electron chi connectivity index (χ1n) is 7.32. The summed E-state index contributed by atoms with van der Waals surface area (Å²) in [7, 11) is -1.12. The summed E-state index contributed by atoms with van der Waals surface area (Å²) in [5.74, 6) is 0.995. The van der Waals surface area contributed by atoms with E-state index in [0.29, 0.717) is 24.4 Å². The minimum atomic E-state index is -2.95. The third-order valence-corrected chi connectivity index (χ3v) is 5.76. The molecule has 1 atom stereocenters. The van der Waals surface area contributed by atoms with Crippen molar-refractivity contribution in [3.63, 3.8) is 0 Å². The van der Waals surface area contributed by atoms with Crippen LogP contribution in [-0.4, -0.2) is 53.0 Å². The fourth-order valence-corrected chi connectivity index (χ4v) is 4.43. The van der Waals surface area contributed by atoms with E-state index in [1.165, 1.54) is 12.1 Å². The van der Waals surface area contributed by atoms with Crippen molar-refractivity contribution in [3.05, 3.63) is 40.3 Å². The molecule has 3 rings (SSSR count). The summed E-state index contributed by atoms with van der Waals surface area (Å²) in [5, 5.41) is 18.5. The van der Waals surface area contributed by atoms with E-state index in [1.807, 2.05) is 11.9 Å². The van der Waals surface area contributed by atoms with Crippen LogP contribution >= 0.6 is 0 Å². The number of benzene rings is 1. The number of sulfone groups is 1. The lowest BCUT2D eigenvalue weighted by Crippen LogP contribution is -2.32. The second kappa shape index (κ2) is 6.29. The van der Waals surface area contributed by atoms with Crippen LogP contribution in [0.4, 0.5) is 5.69 Å². The summed E-state index contributed by atoms with van der Waals surface area (Å²) in [6.07, 6.45) is 0.599. The molecule has 1 aliphatic rings. The molecule has 24 heavy (non-hydrogen) atoms. The van der Waals surface area contributed by atoms with Crippen LogP contribution in [0.5, 0.6) is 0 Å². The molecule has 1 fully saturated rings. The van der Waals surface area contributed by atoms with E-state index in [4.69, 9.17) is 4.42 Å². The van der Waals surface area contributed by atoms with Gasteiger partial charge in [-0.15, -0.1) is 10.2 Å². The van der Waals surface area contributed by atoms with Gasteiger partial charge in [-0.1, -0.05) is 0 Å². The van der Waals surface area contributed by atoms with Crippen LogP contribution in [0.2, 0.25) is 0 Å². The number of hydrogen-bond donors (Lipinski definition) is 0. The number of rotatable bonds is 5. The lowest BCUT2D eigenvalue weighted by atomic mass is 10.2. The van der Waals surface area contributed by atoms with Crippen molar-refractivity contribution >= 4 is 15.5 Å². The van der Waals surface area contributed by atoms with Crippen LogP contribution < -0.4 is 0 Å². The van der Waals surface area contributed by atoms with Crippen LogP contribution in [-0.2, 0) is 16.4 Å². The molecule has 9 nitrogen and oxygen atoms in total. The van der Waals surface area contributed by atoms with Crippen molar-refractivity contribution < 1.29 is 17.8 Å². The van der Waals surface area contributed by atoms with Crippen LogP contribution in [0.25, 0.3) is 11.5 Å². The molecule has 1 aromatic heterocycles. The van der Waals surface area contributed by atoms with Gasteiger partial charge in [0.2, 0.25) is 11.8 Å². The van der Waals surface area contributed by atoms with Gasteiger partial charge in [-0.2, -0.15) is 0 Å². The van der Waals surface area contributed by atoms with E-state index >= 15 is 0 Å². The van der Waals surface area contributed by atoms with Crippen molar-refractivity contribution in [2.45, 2.75) is 19.0 Å². The highest BCUT2D eigenvalue weighted by Crippen LogP contribution is 2.23. The number of nitro benzene ring substituents is 1. The minimum absolute atomic E-state index is 0.0133. The lowest BCUT2D eigenvalue weighted by Gasteiger charge is -2.20. The molecule has 1 aromatic carbocycles. The summed E-state index contributed by atoms with van der Waals surface area (Å²) in [6.45, 7) is 0.347. The first-order valence-corrected chi connectivity index (χ1v) is 9.14. The molecule has 0 saturated carbocycles. The normalized spacial score (nSPS) is 19.7. The molecule has 2 heterocycles. The van der Waals surface area contributed by atoms with E-state index in [1.54, 1.807) is 12.1 Å². The van der Waals surface area contributed by atoms with Gasteiger partial charge in [-0.3, -0.25) is 15.0 Å². The molecule has 0 radical (unpaired) electrons. The highest BCUT2D eigenvalue weighted by atomic mass is 32.2. The van der Waals surface area contributed by atoms with Crippen LogP contribution in [0, 0.1) is 10.1 Å². The predicted octanol–water partition coefficient (Wildman–Crippen LogP) is 1.26. The number of nitrogens with zero attached hydrogens (tertiary/aromatic N) is 4. The highest BCUT2D eigenvalue weighted by molar-refractivity contribution is 7.91. The molecule has 1 saturated heterocycles. The predicted molar refractivity (Wildman–Crippen MR) is 84.9 cm³/mol. The molecule has 128 valence electrons. The summed E-state index contributed by atoms with van der Waals surface area (Å²) < 4.78 is 28.6. The average Bonchev–Trinajstić information content (AvgIpc) is 3.14. The van der Waals surface area contributed by atoms with Crippen molar-refractivity contribution in [3.8, 4) is 11.5 Å². The lowest BCUT2D eigenvalue weighted by molar-refractivity contribution is -0.384. The molecule has 0 bridgehead atoms. The first kappa shape index (κ1) is 16.5. The summed E-state index contributed by atoms with van der Waals surface area (Å²) in [5.41, 5.74) is 0.575. The molecule has 0 aliphatic carbocycles. The van der Waals surface area contributed by atoms with Crippen molar-refractivity contribution in [2.75, 3.05) is 18.6 Å². The Hall–Kier alpha value is -2.33. The Balaban J connectivity index is 1.68. The van der Waals surface area contributed by atoms with Gasteiger partial charge in [-0.05, 0) is 25.6 Å². The largest absolute Gasteiger partial charge is 0.419 e. The third kappa shape index (κ3) is 3.60. The number of aromatic nitrogens is 2. The van der Waals surface area contributed by atoms with E-state index in [9.17, 15) is 18.5 Å². The van der Waals surface area contributed by atoms with Gasteiger partial charge in [0.1, 0.15) is 0 Å². The quantitative estimate of drug-likeness (QED) is 0.583. The smallest absolute Gasteiger partial charge is 0.269 e. The van der Waals surface area contributed by atoms with Gasteiger partial charge < -0.3 is 4.42 Å². The molecule has 10 heteroatoms. The first-order chi connectivity index (χ1) is 11.3. The van der Waals surface area contributed by atoms with Gasteiger partial charge in [0.05, 0.1) is 23.0 Å². The minimum Gasteiger partial charge on any atom is -0.419 e. The molecule has 2 aromatic rings. The summed E-state index contributed by atoms with van der Waals surface area (Å²) in [6, 6.07) is 5.78. The third-order valence-electron chi connectivity index (χ3n) is 4.01. The monoisotopic (exact) mass is 352 g/mol. The van der Waals surface area contributed by atoms with Crippen molar-refractivity contribution in [2.24, 2.45) is 0 Å². The molecule has 0 amide bonds. The second-order valence-corrected chi connectivity index (χ2v) is 8.01. The van der Waals surface area contributed by atoms with E-state index in [2.05, 4.69) is 10.2 Å². The molecule has 0 N–H and O–H groups in total. The molecule has 1 unspecified atom stereocenters. The van der Waals surface area contributed by atoms with Crippen molar-refractivity contribution in [1.29, 1.82) is 0 Å².